The molecule has 2 rings (SSSR count). The molecule has 0 saturated heterocycles. The van der Waals surface area contributed by atoms with Crippen LogP contribution in [0.5, 0.6) is 5.75 Å². The molecule has 0 saturated carbocycles. The van der Waals surface area contributed by atoms with Crippen LogP contribution in [0, 0.1) is 5.82 Å². The quantitative estimate of drug-likeness (QED) is 0.474. The second-order valence-electron chi connectivity index (χ2n) is 5.20. The summed E-state index contributed by atoms with van der Waals surface area (Å²) in [6.45, 7) is -0.836. The summed E-state index contributed by atoms with van der Waals surface area (Å²) in [6.07, 6.45) is 1.29. The van der Waals surface area contributed by atoms with Crippen LogP contribution in [0.1, 0.15) is 15.9 Å². The first-order valence-electron chi connectivity index (χ1n) is 7.75. The molecule has 0 aromatic heterocycles. The number of nitrogens with one attached hydrogen (secondary N) is 2. The molecule has 8 nitrogen and oxygen atoms in total. The van der Waals surface area contributed by atoms with E-state index in [0.717, 1.165) is 12.1 Å². The van der Waals surface area contributed by atoms with Crippen molar-refractivity contribution in [2.24, 2.45) is 5.10 Å². The summed E-state index contributed by atoms with van der Waals surface area (Å²) in [5.41, 5.74) is 2.91. The molecule has 0 heterocycles. The van der Waals surface area contributed by atoms with E-state index >= 15 is 0 Å². The van der Waals surface area contributed by atoms with E-state index in [1.54, 1.807) is 24.3 Å². The lowest BCUT2D eigenvalue weighted by molar-refractivity contribution is -0.139. The summed E-state index contributed by atoms with van der Waals surface area (Å²) < 4.78 is 17.9. The summed E-state index contributed by atoms with van der Waals surface area (Å²) in [5.74, 6) is -2.40. The number of aliphatic carboxylic acids is 1. The molecule has 0 aliphatic rings. The normalized spacial score (nSPS) is 10.4. The van der Waals surface area contributed by atoms with Gasteiger partial charge in [-0.15, -0.1) is 0 Å². The van der Waals surface area contributed by atoms with Gasteiger partial charge in [-0.1, -0.05) is 12.1 Å². The number of ether oxygens (including phenoxy) is 1. The van der Waals surface area contributed by atoms with Gasteiger partial charge in [0.25, 0.3) is 11.8 Å². The van der Waals surface area contributed by atoms with Crippen molar-refractivity contribution in [3.05, 3.63) is 65.5 Å². The van der Waals surface area contributed by atoms with Crippen LogP contribution >= 0.6 is 0 Å². The van der Waals surface area contributed by atoms with Gasteiger partial charge in [-0.3, -0.25) is 9.59 Å². The first-order chi connectivity index (χ1) is 13.0. The second kappa shape index (κ2) is 9.66. The zero-order chi connectivity index (χ0) is 19.6. The highest BCUT2D eigenvalue weighted by Crippen LogP contribution is 2.15. The molecule has 2 aromatic rings. The summed E-state index contributed by atoms with van der Waals surface area (Å²) in [4.78, 5) is 34.1. The van der Waals surface area contributed by atoms with Crippen molar-refractivity contribution in [2.75, 3.05) is 13.2 Å². The SMILES string of the molecule is O=C(O)COc1ccccc1/C=N/NC(=O)CNC(=O)c1ccc(F)cc1. The largest absolute Gasteiger partial charge is 0.481 e. The van der Waals surface area contributed by atoms with Crippen LogP contribution in [0.25, 0.3) is 0 Å². The molecule has 0 fully saturated rings. The Labute approximate surface area is 153 Å². The van der Waals surface area contributed by atoms with Crippen molar-refractivity contribution in [3.63, 3.8) is 0 Å². The van der Waals surface area contributed by atoms with Gasteiger partial charge in [-0.25, -0.2) is 14.6 Å². The highest BCUT2D eigenvalue weighted by molar-refractivity contribution is 5.96. The average Bonchev–Trinajstić information content (AvgIpc) is 2.66. The van der Waals surface area contributed by atoms with Crippen molar-refractivity contribution in [2.45, 2.75) is 0 Å². The van der Waals surface area contributed by atoms with Crippen molar-refractivity contribution < 1.29 is 28.6 Å². The highest BCUT2D eigenvalue weighted by Gasteiger charge is 2.08. The van der Waals surface area contributed by atoms with E-state index in [-0.39, 0.29) is 12.1 Å². The summed E-state index contributed by atoms with van der Waals surface area (Å²) in [5, 5.41) is 14.8. The molecule has 0 atom stereocenters. The van der Waals surface area contributed by atoms with Gasteiger partial charge < -0.3 is 15.2 Å². The first kappa shape index (κ1) is 19.6. The molecule has 0 spiro atoms. The lowest BCUT2D eigenvalue weighted by Gasteiger charge is -2.06. The van der Waals surface area contributed by atoms with E-state index in [9.17, 15) is 18.8 Å². The topological polar surface area (TPSA) is 117 Å². The van der Waals surface area contributed by atoms with Gasteiger partial charge >= 0.3 is 5.97 Å². The maximum atomic E-state index is 12.8. The van der Waals surface area contributed by atoms with E-state index in [1.165, 1.54) is 18.3 Å². The van der Waals surface area contributed by atoms with Crippen LogP contribution in [0.2, 0.25) is 0 Å². The van der Waals surface area contributed by atoms with Gasteiger partial charge in [0.15, 0.2) is 6.61 Å². The molecule has 140 valence electrons. The van der Waals surface area contributed by atoms with Gasteiger partial charge in [0.2, 0.25) is 0 Å². The number of para-hydroxylation sites is 1. The molecule has 0 radical (unpaired) electrons. The zero-order valence-corrected chi connectivity index (χ0v) is 14.0. The first-order valence-corrected chi connectivity index (χ1v) is 7.75. The lowest BCUT2D eigenvalue weighted by Crippen LogP contribution is -2.34. The van der Waals surface area contributed by atoms with E-state index in [4.69, 9.17) is 9.84 Å². The third-order valence-corrected chi connectivity index (χ3v) is 3.18. The fraction of sp³-hybridized carbons (Fsp3) is 0.111. The maximum absolute atomic E-state index is 12.8. The third kappa shape index (κ3) is 6.58. The number of nitrogens with zero attached hydrogens (tertiary/aromatic N) is 1. The minimum atomic E-state index is -1.12. The van der Waals surface area contributed by atoms with E-state index in [1.807, 2.05) is 0 Å². The molecule has 2 amide bonds. The fourth-order valence-electron chi connectivity index (χ4n) is 1.94. The number of hydrogen-bond donors (Lipinski definition) is 3. The Balaban J connectivity index is 1.84. The van der Waals surface area contributed by atoms with Crippen molar-refractivity contribution >= 4 is 24.0 Å². The number of carbonyl (C=O) groups excluding carboxylic acids is 2. The molecule has 0 aliphatic heterocycles. The number of hydrazone groups is 1. The molecular formula is C18H16FN3O5. The van der Waals surface area contributed by atoms with Gasteiger partial charge in [0.1, 0.15) is 11.6 Å². The molecule has 3 N–H and O–H groups in total. The Morgan fingerprint density at radius 3 is 2.52 bits per heavy atom. The standard InChI is InChI=1S/C18H16FN3O5/c19-14-7-5-12(6-8-14)18(26)20-10-16(23)22-21-9-13-3-1-2-4-15(13)27-11-17(24)25/h1-9H,10-11H2,(H,20,26)(H,22,23)(H,24,25)/b21-9+. The van der Waals surface area contributed by atoms with E-state index in [0.29, 0.717) is 11.3 Å². The molecule has 27 heavy (non-hydrogen) atoms. The van der Waals surface area contributed by atoms with Gasteiger partial charge in [0, 0.05) is 11.1 Å². The smallest absolute Gasteiger partial charge is 0.341 e. The highest BCUT2D eigenvalue weighted by atomic mass is 19.1. The van der Waals surface area contributed by atoms with E-state index < -0.39 is 30.2 Å². The number of benzene rings is 2. The van der Waals surface area contributed by atoms with Crippen LogP contribution in [-0.2, 0) is 9.59 Å². The Morgan fingerprint density at radius 1 is 1.11 bits per heavy atom. The fourth-order valence-corrected chi connectivity index (χ4v) is 1.94. The summed E-state index contributed by atoms with van der Waals surface area (Å²) >= 11 is 0. The molecular weight excluding hydrogens is 357 g/mol. The van der Waals surface area contributed by atoms with Crippen LogP contribution < -0.4 is 15.5 Å². The molecule has 0 unspecified atom stereocenters. The molecule has 2 aromatic carbocycles. The number of rotatable bonds is 8. The second-order valence-corrected chi connectivity index (χ2v) is 5.20. The predicted octanol–water partition coefficient (Wildman–Crippen LogP) is 1.17. The Kier molecular flexibility index (Phi) is 7.00. The van der Waals surface area contributed by atoms with E-state index in [2.05, 4.69) is 15.8 Å². The van der Waals surface area contributed by atoms with Gasteiger partial charge in [0.05, 0.1) is 12.8 Å². The van der Waals surface area contributed by atoms with Gasteiger partial charge in [-0.05, 0) is 36.4 Å². The van der Waals surface area contributed by atoms with Crippen LogP contribution in [0.4, 0.5) is 4.39 Å². The summed E-state index contributed by atoms with van der Waals surface area (Å²) in [6, 6.07) is 11.4. The summed E-state index contributed by atoms with van der Waals surface area (Å²) in [7, 11) is 0. The number of amides is 2. The number of carbonyl (C=O) groups is 3. The molecule has 9 heteroatoms. The predicted molar refractivity (Wildman–Crippen MR) is 94.0 cm³/mol. The van der Waals surface area contributed by atoms with Gasteiger partial charge in [-0.2, -0.15) is 5.10 Å². The Hall–Kier alpha value is -3.75. The zero-order valence-electron chi connectivity index (χ0n) is 14.0. The maximum Gasteiger partial charge on any atom is 0.341 e. The number of halogens is 1. The molecule has 0 bridgehead atoms. The monoisotopic (exact) mass is 373 g/mol. The Morgan fingerprint density at radius 2 is 1.81 bits per heavy atom. The number of carboxylic acid groups (broad SMARTS) is 1. The number of hydrogen-bond acceptors (Lipinski definition) is 5. The van der Waals surface area contributed by atoms with Crippen LogP contribution in [0.3, 0.4) is 0 Å². The third-order valence-electron chi connectivity index (χ3n) is 3.18. The molecule has 0 aliphatic carbocycles. The van der Waals surface area contributed by atoms with Crippen molar-refractivity contribution in [3.8, 4) is 5.75 Å². The van der Waals surface area contributed by atoms with Crippen molar-refractivity contribution in [1.82, 2.24) is 10.7 Å². The minimum Gasteiger partial charge on any atom is -0.481 e. The Bertz CT molecular complexity index is 852. The van der Waals surface area contributed by atoms with Crippen LogP contribution in [-0.4, -0.2) is 42.3 Å². The van der Waals surface area contributed by atoms with Crippen molar-refractivity contribution in [1.29, 1.82) is 0 Å². The average molecular weight is 373 g/mol. The van der Waals surface area contributed by atoms with Crippen LogP contribution in [0.15, 0.2) is 53.6 Å². The lowest BCUT2D eigenvalue weighted by atomic mass is 10.2. The minimum absolute atomic E-state index is 0.220. The number of carboxylic acids is 1.